The Kier molecular flexibility index (Phi) is 7.25. The van der Waals surface area contributed by atoms with Gasteiger partial charge in [-0.3, -0.25) is 11.3 Å². The van der Waals surface area contributed by atoms with Crippen LogP contribution < -0.4 is 21.3 Å². The fourth-order valence-corrected chi connectivity index (χ4v) is 3.51. The van der Waals surface area contributed by atoms with Crippen molar-refractivity contribution in [1.29, 1.82) is 0 Å². The number of nitrogens with two attached hydrogens (primary N) is 1. The van der Waals surface area contributed by atoms with Crippen LogP contribution >= 0.6 is 0 Å². The SMILES string of the molecule is Cc1cc(-c2ccnc(NC3CCOC3)c2)ccc1OCC(C)CC(C)NN. The van der Waals surface area contributed by atoms with Gasteiger partial charge in [-0.2, -0.15) is 0 Å². The highest BCUT2D eigenvalue weighted by molar-refractivity contribution is 5.68. The van der Waals surface area contributed by atoms with Gasteiger partial charge in [0.15, 0.2) is 0 Å². The monoisotopic (exact) mass is 384 g/mol. The number of aryl methyl sites for hydroxylation is 1. The Morgan fingerprint density at radius 2 is 2.07 bits per heavy atom. The van der Waals surface area contributed by atoms with Crippen LogP contribution in [0.3, 0.4) is 0 Å². The van der Waals surface area contributed by atoms with Crippen LogP contribution in [-0.2, 0) is 4.74 Å². The highest BCUT2D eigenvalue weighted by Gasteiger charge is 2.16. The molecule has 28 heavy (non-hydrogen) atoms. The number of nitrogens with one attached hydrogen (secondary N) is 2. The van der Waals surface area contributed by atoms with E-state index in [1.165, 1.54) is 0 Å². The Morgan fingerprint density at radius 3 is 2.79 bits per heavy atom. The first-order chi connectivity index (χ1) is 13.5. The van der Waals surface area contributed by atoms with E-state index in [0.29, 0.717) is 18.6 Å². The lowest BCUT2D eigenvalue weighted by Crippen LogP contribution is -2.34. The summed E-state index contributed by atoms with van der Waals surface area (Å²) in [6.07, 6.45) is 3.85. The van der Waals surface area contributed by atoms with E-state index >= 15 is 0 Å². The van der Waals surface area contributed by atoms with Gasteiger partial charge >= 0.3 is 0 Å². The second-order valence-corrected chi connectivity index (χ2v) is 7.83. The molecule has 0 spiro atoms. The number of pyridine rings is 1. The zero-order chi connectivity index (χ0) is 19.9. The second-order valence-electron chi connectivity index (χ2n) is 7.83. The molecule has 0 aliphatic carbocycles. The zero-order valence-corrected chi connectivity index (χ0v) is 17.1. The lowest BCUT2D eigenvalue weighted by atomic mass is 10.0. The molecule has 1 aromatic carbocycles. The first-order valence-corrected chi connectivity index (χ1v) is 10.1. The Bertz CT molecular complexity index is 762. The third kappa shape index (κ3) is 5.67. The van der Waals surface area contributed by atoms with Crippen molar-refractivity contribution < 1.29 is 9.47 Å². The maximum Gasteiger partial charge on any atom is 0.126 e. The third-order valence-corrected chi connectivity index (χ3v) is 5.11. The van der Waals surface area contributed by atoms with Gasteiger partial charge in [0, 0.05) is 18.8 Å². The predicted molar refractivity (Wildman–Crippen MR) is 113 cm³/mol. The maximum atomic E-state index is 6.04. The molecule has 1 aliphatic rings. The molecule has 0 bridgehead atoms. The van der Waals surface area contributed by atoms with E-state index in [9.17, 15) is 0 Å². The number of rotatable bonds is 9. The van der Waals surface area contributed by atoms with Crippen molar-refractivity contribution >= 4 is 5.82 Å². The van der Waals surface area contributed by atoms with Crippen molar-refractivity contribution in [2.24, 2.45) is 11.8 Å². The van der Waals surface area contributed by atoms with E-state index in [1.807, 2.05) is 12.3 Å². The van der Waals surface area contributed by atoms with Gasteiger partial charge in [-0.1, -0.05) is 13.0 Å². The van der Waals surface area contributed by atoms with Crippen LogP contribution in [0.1, 0.15) is 32.3 Å². The van der Waals surface area contributed by atoms with Crippen LogP contribution in [0.25, 0.3) is 11.1 Å². The second kappa shape index (κ2) is 9.87. The standard InChI is InChI=1S/C22H32N4O2/c1-15(10-17(3)26-23)13-28-21-5-4-18(11-16(21)2)19-6-8-24-22(12-19)25-20-7-9-27-14-20/h4-6,8,11-12,15,17,20,26H,7,9-10,13-14,23H2,1-3H3,(H,24,25). The minimum absolute atomic E-state index is 0.285. The molecule has 2 heterocycles. The quantitative estimate of drug-likeness (QED) is 0.453. The summed E-state index contributed by atoms with van der Waals surface area (Å²) >= 11 is 0. The molecule has 6 heteroatoms. The smallest absolute Gasteiger partial charge is 0.126 e. The molecule has 3 atom stereocenters. The zero-order valence-electron chi connectivity index (χ0n) is 17.1. The Hall–Kier alpha value is -2.15. The number of benzene rings is 1. The van der Waals surface area contributed by atoms with Gasteiger partial charge in [-0.15, -0.1) is 0 Å². The maximum absolute atomic E-state index is 6.04. The number of hydrogen-bond acceptors (Lipinski definition) is 6. The number of aromatic nitrogens is 1. The molecule has 3 unspecified atom stereocenters. The molecular weight excluding hydrogens is 352 g/mol. The van der Waals surface area contributed by atoms with Crippen molar-refractivity contribution in [3.05, 3.63) is 42.1 Å². The normalized spacial score (nSPS) is 18.6. The van der Waals surface area contributed by atoms with Gasteiger partial charge in [0.1, 0.15) is 11.6 Å². The molecule has 1 aliphatic heterocycles. The highest BCUT2D eigenvalue weighted by atomic mass is 16.5. The molecule has 6 nitrogen and oxygen atoms in total. The summed E-state index contributed by atoms with van der Waals surface area (Å²) in [6, 6.07) is 11.1. The Balaban J connectivity index is 1.63. The summed E-state index contributed by atoms with van der Waals surface area (Å²) < 4.78 is 11.5. The van der Waals surface area contributed by atoms with Crippen LogP contribution in [0.15, 0.2) is 36.5 Å². The van der Waals surface area contributed by atoms with Crippen molar-refractivity contribution in [1.82, 2.24) is 10.4 Å². The van der Waals surface area contributed by atoms with Crippen molar-refractivity contribution in [3.63, 3.8) is 0 Å². The van der Waals surface area contributed by atoms with E-state index in [2.05, 4.69) is 60.8 Å². The molecule has 4 N–H and O–H groups in total. The molecular formula is C22H32N4O2. The number of hydrazine groups is 1. The minimum Gasteiger partial charge on any atom is -0.493 e. The number of nitrogens with zero attached hydrogens (tertiary/aromatic N) is 1. The molecule has 152 valence electrons. The summed E-state index contributed by atoms with van der Waals surface area (Å²) in [7, 11) is 0. The topological polar surface area (TPSA) is 81.4 Å². The minimum atomic E-state index is 0.285. The largest absolute Gasteiger partial charge is 0.493 e. The van der Waals surface area contributed by atoms with E-state index in [-0.39, 0.29) is 6.04 Å². The van der Waals surface area contributed by atoms with Crippen LogP contribution in [0.5, 0.6) is 5.75 Å². The molecule has 2 aromatic rings. The van der Waals surface area contributed by atoms with Crippen LogP contribution in [0.2, 0.25) is 0 Å². The molecule has 0 amide bonds. The van der Waals surface area contributed by atoms with Gasteiger partial charge in [0.2, 0.25) is 0 Å². The van der Waals surface area contributed by atoms with Gasteiger partial charge < -0.3 is 14.8 Å². The van der Waals surface area contributed by atoms with Crippen molar-refractivity contribution in [2.45, 2.75) is 45.7 Å². The molecule has 1 aromatic heterocycles. The average Bonchev–Trinajstić information content (AvgIpc) is 3.20. The van der Waals surface area contributed by atoms with Gasteiger partial charge in [-0.05, 0) is 73.6 Å². The fourth-order valence-electron chi connectivity index (χ4n) is 3.51. The van der Waals surface area contributed by atoms with E-state index in [4.69, 9.17) is 15.3 Å². The van der Waals surface area contributed by atoms with Crippen molar-refractivity contribution in [3.8, 4) is 16.9 Å². The summed E-state index contributed by atoms with van der Waals surface area (Å²) in [4.78, 5) is 4.44. The van der Waals surface area contributed by atoms with Crippen LogP contribution in [0, 0.1) is 12.8 Å². The summed E-state index contributed by atoms with van der Waals surface area (Å²) in [5.41, 5.74) is 6.22. The molecule has 1 fully saturated rings. The number of ether oxygens (including phenoxy) is 2. The summed E-state index contributed by atoms with van der Waals surface area (Å²) in [6.45, 7) is 8.59. The van der Waals surface area contributed by atoms with Crippen LogP contribution in [0.4, 0.5) is 5.82 Å². The van der Waals surface area contributed by atoms with Gasteiger partial charge in [-0.25, -0.2) is 4.98 Å². The Morgan fingerprint density at radius 1 is 1.25 bits per heavy atom. The number of anilines is 1. The first-order valence-electron chi connectivity index (χ1n) is 10.1. The first kappa shape index (κ1) is 20.6. The molecule has 1 saturated heterocycles. The lowest BCUT2D eigenvalue weighted by Gasteiger charge is -2.18. The summed E-state index contributed by atoms with van der Waals surface area (Å²) in [5, 5.41) is 3.46. The molecule has 0 radical (unpaired) electrons. The highest BCUT2D eigenvalue weighted by Crippen LogP contribution is 2.28. The van der Waals surface area contributed by atoms with E-state index in [1.54, 1.807) is 0 Å². The van der Waals surface area contributed by atoms with Crippen molar-refractivity contribution in [2.75, 3.05) is 25.1 Å². The predicted octanol–water partition coefficient (Wildman–Crippen LogP) is 3.51. The Labute approximate surface area is 167 Å². The van der Waals surface area contributed by atoms with E-state index < -0.39 is 0 Å². The third-order valence-electron chi connectivity index (χ3n) is 5.11. The lowest BCUT2D eigenvalue weighted by molar-refractivity contribution is 0.195. The van der Waals surface area contributed by atoms with E-state index in [0.717, 1.165) is 54.3 Å². The van der Waals surface area contributed by atoms with Gasteiger partial charge in [0.25, 0.3) is 0 Å². The average molecular weight is 385 g/mol. The molecule has 3 rings (SSSR count). The number of hydrogen-bond donors (Lipinski definition) is 3. The van der Waals surface area contributed by atoms with Gasteiger partial charge in [0.05, 0.1) is 19.3 Å². The van der Waals surface area contributed by atoms with Crippen LogP contribution in [-0.4, -0.2) is 36.9 Å². The molecule has 0 saturated carbocycles. The summed E-state index contributed by atoms with van der Waals surface area (Å²) in [5.74, 6) is 7.72. The fraction of sp³-hybridized carbons (Fsp3) is 0.500.